The van der Waals surface area contributed by atoms with Gasteiger partial charge in [-0.05, 0) is 67.8 Å². The second kappa shape index (κ2) is 13.7. The molecule has 0 aliphatic rings. The van der Waals surface area contributed by atoms with Gasteiger partial charge in [-0.3, -0.25) is 13.9 Å². The number of carbonyl (C=O) groups is 2. The van der Waals surface area contributed by atoms with Crippen molar-refractivity contribution in [1.29, 1.82) is 0 Å². The van der Waals surface area contributed by atoms with E-state index in [0.29, 0.717) is 12.0 Å². The van der Waals surface area contributed by atoms with Crippen molar-refractivity contribution >= 4 is 39.1 Å². The Morgan fingerprint density at radius 1 is 0.950 bits per heavy atom. The maximum absolute atomic E-state index is 14.0. The van der Waals surface area contributed by atoms with Gasteiger partial charge < -0.3 is 10.2 Å². The van der Waals surface area contributed by atoms with Gasteiger partial charge in [-0.25, -0.2) is 17.2 Å². The smallest absolute Gasteiger partial charge is 0.264 e. The largest absolute Gasteiger partial charge is 0.352 e. The Hall–Kier alpha value is -3.50. The third-order valence-electron chi connectivity index (χ3n) is 6.45. The first-order chi connectivity index (χ1) is 19.0. The molecule has 3 rings (SSSR count). The molecule has 0 aromatic heterocycles. The van der Waals surface area contributed by atoms with Crippen LogP contribution in [-0.2, 0) is 26.2 Å². The molecule has 3 aromatic rings. The van der Waals surface area contributed by atoms with Gasteiger partial charge in [-0.15, -0.1) is 0 Å². The van der Waals surface area contributed by atoms with Gasteiger partial charge in [0.1, 0.15) is 24.2 Å². The highest BCUT2D eigenvalue weighted by atomic mass is 35.5. The van der Waals surface area contributed by atoms with Crippen LogP contribution in [0.2, 0.25) is 5.02 Å². The van der Waals surface area contributed by atoms with Crippen molar-refractivity contribution in [3.05, 3.63) is 95.0 Å². The Morgan fingerprint density at radius 3 is 2.17 bits per heavy atom. The minimum atomic E-state index is -4.31. The van der Waals surface area contributed by atoms with Crippen molar-refractivity contribution in [2.75, 3.05) is 10.8 Å². The molecular weight excluding hydrogens is 560 g/mol. The van der Waals surface area contributed by atoms with Crippen molar-refractivity contribution in [2.24, 2.45) is 0 Å². The summed E-state index contributed by atoms with van der Waals surface area (Å²) in [6.45, 7) is 4.71. The summed E-state index contributed by atoms with van der Waals surface area (Å²) in [5, 5.41) is 2.56. The Bertz CT molecular complexity index is 1420. The fourth-order valence-corrected chi connectivity index (χ4v) is 5.64. The normalized spacial score (nSPS) is 12.8. The zero-order valence-electron chi connectivity index (χ0n) is 22.5. The third kappa shape index (κ3) is 7.57. The fourth-order valence-electron chi connectivity index (χ4n) is 4.04. The monoisotopic (exact) mass is 591 g/mol. The number of sulfonamides is 1. The van der Waals surface area contributed by atoms with Gasteiger partial charge in [0.15, 0.2) is 0 Å². The molecule has 0 aliphatic heterocycles. The lowest BCUT2D eigenvalue weighted by Gasteiger charge is -2.33. The van der Waals surface area contributed by atoms with Crippen molar-refractivity contribution in [3.8, 4) is 0 Å². The molecule has 7 nitrogen and oxygen atoms in total. The summed E-state index contributed by atoms with van der Waals surface area (Å²) in [7, 11) is -4.31. The number of carbonyl (C=O) groups excluding carboxylic acids is 2. The summed E-state index contributed by atoms with van der Waals surface area (Å²) in [6, 6.07) is 15.2. The summed E-state index contributed by atoms with van der Waals surface area (Å²) in [6.07, 6.45) is 0.908. The number of anilines is 1. The summed E-state index contributed by atoms with van der Waals surface area (Å²) < 4.78 is 55.9. The molecule has 0 saturated carbocycles. The lowest BCUT2D eigenvalue weighted by Crippen LogP contribution is -2.53. The van der Waals surface area contributed by atoms with E-state index in [1.165, 1.54) is 59.5 Å². The summed E-state index contributed by atoms with van der Waals surface area (Å²) >= 11 is 5.97. The molecule has 40 heavy (non-hydrogen) atoms. The number of halogens is 3. The SMILES string of the molecule is CC[C@H](C)NC(=O)[C@H](CC)N(Cc1ccc(F)cc1)C(=O)CN(c1ccc(F)c(Cl)c1)S(=O)(=O)c1ccccc1. The van der Waals surface area contributed by atoms with Crippen molar-refractivity contribution in [1.82, 2.24) is 10.2 Å². The predicted octanol–water partition coefficient (Wildman–Crippen LogP) is 5.54. The quantitative estimate of drug-likeness (QED) is 0.300. The molecule has 0 saturated heterocycles. The predicted molar refractivity (Wildman–Crippen MR) is 151 cm³/mol. The van der Waals surface area contributed by atoms with Gasteiger partial charge in [0, 0.05) is 12.6 Å². The Labute approximate surface area is 238 Å². The topological polar surface area (TPSA) is 86.8 Å². The van der Waals surface area contributed by atoms with Gasteiger partial charge in [-0.1, -0.05) is 55.8 Å². The highest BCUT2D eigenvalue weighted by Gasteiger charge is 2.34. The van der Waals surface area contributed by atoms with E-state index in [1.807, 2.05) is 13.8 Å². The molecule has 0 unspecified atom stereocenters. The molecule has 0 aliphatic carbocycles. The number of nitrogens with zero attached hydrogens (tertiary/aromatic N) is 2. The van der Waals surface area contributed by atoms with Crippen molar-refractivity contribution in [3.63, 3.8) is 0 Å². The van der Waals surface area contributed by atoms with Gasteiger partial charge in [0.05, 0.1) is 15.6 Å². The van der Waals surface area contributed by atoms with Crippen LogP contribution in [0.4, 0.5) is 14.5 Å². The van der Waals surface area contributed by atoms with Crippen LogP contribution in [0.25, 0.3) is 0 Å². The van der Waals surface area contributed by atoms with E-state index >= 15 is 0 Å². The second-order valence-electron chi connectivity index (χ2n) is 9.31. The van der Waals surface area contributed by atoms with Crippen LogP contribution in [0, 0.1) is 11.6 Å². The Morgan fingerprint density at radius 2 is 1.60 bits per heavy atom. The van der Waals surface area contributed by atoms with Gasteiger partial charge in [0.25, 0.3) is 10.0 Å². The first-order valence-electron chi connectivity index (χ1n) is 12.8. The summed E-state index contributed by atoms with van der Waals surface area (Å²) in [5.74, 6) is -2.29. The highest BCUT2D eigenvalue weighted by molar-refractivity contribution is 7.92. The molecule has 0 fully saturated rings. The van der Waals surface area contributed by atoms with E-state index in [9.17, 15) is 26.8 Å². The van der Waals surface area contributed by atoms with Gasteiger partial charge in [-0.2, -0.15) is 0 Å². The molecule has 0 heterocycles. The molecule has 1 N–H and O–H groups in total. The van der Waals surface area contributed by atoms with Crippen LogP contribution >= 0.6 is 11.6 Å². The second-order valence-corrected chi connectivity index (χ2v) is 11.6. The molecule has 0 radical (unpaired) electrons. The lowest BCUT2D eigenvalue weighted by molar-refractivity contribution is -0.140. The number of rotatable bonds is 12. The molecule has 2 atom stereocenters. The first kappa shape index (κ1) is 31.0. The third-order valence-corrected chi connectivity index (χ3v) is 8.53. The lowest BCUT2D eigenvalue weighted by atomic mass is 10.1. The summed E-state index contributed by atoms with van der Waals surface area (Å²) in [5.41, 5.74) is 0.522. The minimum absolute atomic E-state index is 0.0255. The first-order valence-corrected chi connectivity index (χ1v) is 14.7. The average Bonchev–Trinajstić information content (AvgIpc) is 2.94. The van der Waals surface area contributed by atoms with Crippen LogP contribution in [0.15, 0.2) is 77.7 Å². The maximum Gasteiger partial charge on any atom is 0.264 e. The number of amides is 2. The molecule has 11 heteroatoms. The maximum atomic E-state index is 14.0. The van der Waals surface area contributed by atoms with E-state index in [1.54, 1.807) is 13.0 Å². The van der Waals surface area contributed by atoms with E-state index in [2.05, 4.69) is 5.32 Å². The number of hydrogen-bond donors (Lipinski definition) is 1. The van der Waals surface area contributed by atoms with Crippen LogP contribution in [-0.4, -0.2) is 43.8 Å². The van der Waals surface area contributed by atoms with Crippen molar-refractivity contribution in [2.45, 2.75) is 57.1 Å². The minimum Gasteiger partial charge on any atom is -0.352 e. The highest BCUT2D eigenvalue weighted by Crippen LogP contribution is 2.28. The Balaban J connectivity index is 2.06. The number of hydrogen-bond acceptors (Lipinski definition) is 4. The average molecular weight is 592 g/mol. The van der Waals surface area contributed by atoms with E-state index < -0.39 is 46.1 Å². The molecule has 2 amide bonds. The zero-order valence-corrected chi connectivity index (χ0v) is 24.1. The molecule has 3 aromatic carbocycles. The van der Waals surface area contributed by atoms with E-state index in [4.69, 9.17) is 11.6 Å². The van der Waals surface area contributed by atoms with E-state index in [0.717, 1.165) is 16.4 Å². The zero-order chi connectivity index (χ0) is 29.4. The molecule has 0 spiro atoms. The van der Waals surface area contributed by atoms with Crippen molar-refractivity contribution < 1.29 is 26.8 Å². The standard InChI is InChI=1S/C29H32ClF2N3O4S/c1-4-20(3)33-29(37)27(5-2)34(18-21-11-13-22(31)14-12-21)28(36)19-35(23-15-16-26(32)25(30)17-23)40(38,39)24-9-7-6-8-10-24/h6-17,20,27H,4-5,18-19H2,1-3H3,(H,33,37)/t20-,27-/m0/s1. The number of nitrogens with one attached hydrogen (secondary N) is 1. The Kier molecular flexibility index (Phi) is 10.6. The van der Waals surface area contributed by atoms with Crippen LogP contribution in [0.5, 0.6) is 0 Å². The summed E-state index contributed by atoms with van der Waals surface area (Å²) in [4.78, 5) is 28.4. The fraction of sp³-hybridized carbons (Fsp3) is 0.310. The molecular formula is C29H32ClF2N3O4S. The molecule has 214 valence electrons. The van der Waals surface area contributed by atoms with Gasteiger partial charge in [0.2, 0.25) is 11.8 Å². The number of benzene rings is 3. The van der Waals surface area contributed by atoms with Crippen LogP contribution in [0.3, 0.4) is 0 Å². The van der Waals surface area contributed by atoms with Gasteiger partial charge >= 0.3 is 0 Å². The molecule has 0 bridgehead atoms. The van der Waals surface area contributed by atoms with Crippen LogP contribution < -0.4 is 9.62 Å². The van der Waals surface area contributed by atoms with Crippen LogP contribution in [0.1, 0.15) is 39.2 Å². The van der Waals surface area contributed by atoms with E-state index in [-0.39, 0.29) is 34.6 Å².